The first-order valence-electron chi connectivity index (χ1n) is 8.54. The number of aromatic nitrogens is 4. The highest BCUT2D eigenvalue weighted by molar-refractivity contribution is 7.89. The molecular formula is C19H19N5O3S. The first-order chi connectivity index (χ1) is 13.4. The van der Waals surface area contributed by atoms with Crippen molar-refractivity contribution in [2.45, 2.75) is 4.90 Å². The van der Waals surface area contributed by atoms with Gasteiger partial charge in [0.25, 0.3) is 0 Å². The molecule has 2 aromatic heterocycles. The molecule has 144 valence electrons. The summed E-state index contributed by atoms with van der Waals surface area (Å²) < 4.78 is 35.6. The van der Waals surface area contributed by atoms with Gasteiger partial charge in [-0.3, -0.25) is 4.68 Å². The van der Waals surface area contributed by atoms with Crippen LogP contribution in [0.25, 0.3) is 28.0 Å². The Balaban J connectivity index is 1.98. The molecule has 0 spiro atoms. The van der Waals surface area contributed by atoms with Crippen LogP contribution in [-0.2, 0) is 17.1 Å². The molecule has 0 bridgehead atoms. The number of ether oxygens (including phenoxy) is 1. The molecular weight excluding hydrogens is 378 g/mol. The van der Waals surface area contributed by atoms with Crippen LogP contribution in [0, 0.1) is 0 Å². The van der Waals surface area contributed by atoms with Crippen molar-refractivity contribution in [1.29, 1.82) is 0 Å². The van der Waals surface area contributed by atoms with E-state index in [2.05, 4.69) is 9.82 Å². The van der Waals surface area contributed by atoms with Gasteiger partial charge in [0.1, 0.15) is 17.1 Å². The Morgan fingerprint density at radius 2 is 1.79 bits per heavy atom. The van der Waals surface area contributed by atoms with E-state index < -0.39 is 10.0 Å². The summed E-state index contributed by atoms with van der Waals surface area (Å²) in [6, 6.07) is 14.3. The van der Waals surface area contributed by atoms with Crippen LogP contribution in [0.15, 0.2) is 59.6 Å². The molecule has 2 aromatic carbocycles. The summed E-state index contributed by atoms with van der Waals surface area (Å²) in [6.45, 7) is 0. The van der Waals surface area contributed by atoms with Crippen LogP contribution < -0.4 is 9.46 Å². The lowest BCUT2D eigenvalue weighted by Gasteiger charge is -2.06. The maximum absolute atomic E-state index is 12.3. The van der Waals surface area contributed by atoms with Crippen molar-refractivity contribution in [3.05, 3.63) is 54.7 Å². The van der Waals surface area contributed by atoms with Crippen molar-refractivity contribution in [3.8, 4) is 22.8 Å². The van der Waals surface area contributed by atoms with Gasteiger partial charge in [0.15, 0.2) is 0 Å². The van der Waals surface area contributed by atoms with Crippen molar-refractivity contribution < 1.29 is 13.2 Å². The molecule has 0 unspecified atom stereocenters. The van der Waals surface area contributed by atoms with Crippen molar-refractivity contribution in [2.24, 2.45) is 7.05 Å². The normalized spacial score (nSPS) is 11.8. The highest BCUT2D eigenvalue weighted by Gasteiger charge is 2.19. The summed E-state index contributed by atoms with van der Waals surface area (Å²) in [5, 5.41) is 9.87. The van der Waals surface area contributed by atoms with Crippen molar-refractivity contribution in [2.75, 3.05) is 14.2 Å². The van der Waals surface area contributed by atoms with E-state index in [0.717, 1.165) is 17.0 Å². The van der Waals surface area contributed by atoms with Crippen LogP contribution in [0.3, 0.4) is 0 Å². The minimum Gasteiger partial charge on any atom is -0.497 e. The van der Waals surface area contributed by atoms with Gasteiger partial charge in [0.05, 0.1) is 23.2 Å². The Kier molecular flexibility index (Phi) is 4.40. The second-order valence-electron chi connectivity index (χ2n) is 6.22. The van der Waals surface area contributed by atoms with E-state index in [4.69, 9.17) is 9.84 Å². The summed E-state index contributed by atoms with van der Waals surface area (Å²) in [5.41, 5.74) is 2.89. The lowest BCUT2D eigenvalue weighted by atomic mass is 10.1. The molecule has 0 fully saturated rings. The Labute approximate surface area is 162 Å². The maximum Gasteiger partial charge on any atom is 0.240 e. The van der Waals surface area contributed by atoms with Crippen molar-refractivity contribution in [3.63, 3.8) is 0 Å². The van der Waals surface area contributed by atoms with Crippen LogP contribution in [-0.4, -0.2) is 42.1 Å². The predicted molar refractivity (Wildman–Crippen MR) is 106 cm³/mol. The molecule has 9 heteroatoms. The Hall–Kier alpha value is -3.17. The van der Waals surface area contributed by atoms with E-state index in [1.807, 2.05) is 43.6 Å². The van der Waals surface area contributed by atoms with Crippen molar-refractivity contribution in [1.82, 2.24) is 24.3 Å². The number of sulfonamides is 1. The molecule has 0 radical (unpaired) electrons. The van der Waals surface area contributed by atoms with Gasteiger partial charge < -0.3 is 4.74 Å². The fourth-order valence-electron chi connectivity index (χ4n) is 3.03. The predicted octanol–water partition coefficient (Wildman–Crippen LogP) is 2.34. The molecule has 4 aromatic rings. The van der Waals surface area contributed by atoms with Crippen LogP contribution in [0.4, 0.5) is 0 Å². The Bertz CT molecular complexity index is 1260. The SMILES string of the molecule is CNS(=O)(=O)c1ccc2c(c1)c(-c1ccn(C)n1)nn2-c1ccc(OC)cc1. The van der Waals surface area contributed by atoms with Crippen LogP contribution in [0.2, 0.25) is 0 Å². The number of methoxy groups -OCH3 is 1. The number of nitrogens with one attached hydrogen (secondary N) is 1. The third-order valence-electron chi connectivity index (χ3n) is 4.50. The summed E-state index contributed by atoms with van der Waals surface area (Å²) in [7, 11) is 1.25. The number of aryl methyl sites for hydroxylation is 1. The Morgan fingerprint density at radius 1 is 1.04 bits per heavy atom. The average Bonchev–Trinajstić information content (AvgIpc) is 3.31. The molecule has 1 N–H and O–H groups in total. The largest absolute Gasteiger partial charge is 0.497 e. The van der Waals surface area contributed by atoms with Crippen LogP contribution in [0.5, 0.6) is 5.75 Å². The average molecular weight is 397 g/mol. The van der Waals surface area contributed by atoms with Gasteiger partial charge in [0, 0.05) is 18.6 Å². The van der Waals surface area contributed by atoms with E-state index in [1.165, 1.54) is 7.05 Å². The number of rotatable bonds is 5. The van der Waals surface area contributed by atoms with E-state index in [1.54, 1.807) is 34.7 Å². The monoisotopic (exact) mass is 397 g/mol. The molecule has 0 saturated heterocycles. The molecule has 0 atom stereocenters. The summed E-state index contributed by atoms with van der Waals surface area (Å²) in [4.78, 5) is 0.175. The molecule has 0 aliphatic heterocycles. The topological polar surface area (TPSA) is 91.0 Å². The van der Waals surface area contributed by atoms with Gasteiger partial charge in [-0.1, -0.05) is 0 Å². The molecule has 0 saturated carbocycles. The van der Waals surface area contributed by atoms with E-state index in [0.29, 0.717) is 16.8 Å². The minimum absolute atomic E-state index is 0.175. The molecule has 0 aliphatic carbocycles. The van der Waals surface area contributed by atoms with Gasteiger partial charge in [0.2, 0.25) is 10.0 Å². The van der Waals surface area contributed by atoms with Crippen LogP contribution >= 0.6 is 0 Å². The first kappa shape index (κ1) is 18.2. The smallest absolute Gasteiger partial charge is 0.240 e. The number of hydrogen-bond donors (Lipinski definition) is 1. The Morgan fingerprint density at radius 3 is 2.39 bits per heavy atom. The lowest BCUT2D eigenvalue weighted by Crippen LogP contribution is -2.18. The summed E-state index contributed by atoms with van der Waals surface area (Å²) in [6.07, 6.45) is 1.82. The molecule has 0 amide bonds. The number of hydrogen-bond acceptors (Lipinski definition) is 5. The highest BCUT2D eigenvalue weighted by atomic mass is 32.2. The molecule has 8 nitrogen and oxygen atoms in total. The van der Waals surface area contributed by atoms with E-state index >= 15 is 0 Å². The number of benzene rings is 2. The van der Waals surface area contributed by atoms with E-state index in [-0.39, 0.29) is 4.90 Å². The second kappa shape index (κ2) is 6.77. The van der Waals surface area contributed by atoms with Gasteiger partial charge in [-0.2, -0.15) is 10.2 Å². The van der Waals surface area contributed by atoms with Gasteiger partial charge >= 0.3 is 0 Å². The third kappa shape index (κ3) is 3.04. The third-order valence-corrected chi connectivity index (χ3v) is 5.92. The highest BCUT2D eigenvalue weighted by Crippen LogP contribution is 2.31. The second-order valence-corrected chi connectivity index (χ2v) is 8.11. The fraction of sp³-hybridized carbons (Fsp3) is 0.158. The minimum atomic E-state index is -3.58. The standard InChI is InChI=1S/C19H19N5O3S/c1-20-28(25,26)15-8-9-18-16(12-15)19(17-10-11-23(2)21-17)22-24(18)13-4-6-14(27-3)7-5-13/h4-12,20H,1-3H3. The van der Waals surface area contributed by atoms with Gasteiger partial charge in [-0.15, -0.1) is 0 Å². The van der Waals surface area contributed by atoms with Crippen LogP contribution in [0.1, 0.15) is 0 Å². The zero-order valence-corrected chi connectivity index (χ0v) is 16.4. The lowest BCUT2D eigenvalue weighted by molar-refractivity contribution is 0.414. The zero-order chi connectivity index (χ0) is 19.9. The summed E-state index contributed by atoms with van der Waals surface area (Å²) in [5.74, 6) is 0.743. The van der Waals surface area contributed by atoms with Gasteiger partial charge in [-0.25, -0.2) is 17.8 Å². The maximum atomic E-state index is 12.3. The molecule has 2 heterocycles. The quantitative estimate of drug-likeness (QED) is 0.558. The van der Waals surface area contributed by atoms with Crippen molar-refractivity contribution >= 4 is 20.9 Å². The molecule has 0 aliphatic rings. The first-order valence-corrected chi connectivity index (χ1v) is 10.0. The number of nitrogens with zero attached hydrogens (tertiary/aromatic N) is 4. The van der Waals surface area contributed by atoms with Gasteiger partial charge in [-0.05, 0) is 55.6 Å². The summed E-state index contributed by atoms with van der Waals surface area (Å²) >= 11 is 0. The molecule has 28 heavy (non-hydrogen) atoms. The molecule has 4 rings (SSSR count). The fourth-order valence-corrected chi connectivity index (χ4v) is 3.79. The number of fused-ring (bicyclic) bond motifs is 1. The van der Waals surface area contributed by atoms with E-state index in [9.17, 15) is 8.42 Å². The zero-order valence-electron chi connectivity index (χ0n) is 15.6.